The van der Waals surface area contributed by atoms with Gasteiger partial charge in [0.15, 0.2) is 36.4 Å². The Morgan fingerprint density at radius 2 is 1.65 bits per heavy atom. The number of carboxylic acids is 1. The zero-order chi connectivity index (χ0) is 50.1. The number of nitrogens with one attached hydrogen (secondary N) is 1. The van der Waals surface area contributed by atoms with Crippen LogP contribution in [0.3, 0.4) is 0 Å². The first-order valence-electron chi connectivity index (χ1n) is 21.6. The number of aliphatic hydroxyl groups excluding tert-OH is 6. The molecule has 1 aromatic carbocycles. The van der Waals surface area contributed by atoms with Gasteiger partial charge in [0.1, 0.15) is 78.5 Å². The van der Waals surface area contributed by atoms with Crippen molar-refractivity contribution in [2.45, 2.75) is 136 Å². The van der Waals surface area contributed by atoms with Crippen LogP contribution in [0, 0.1) is 11.2 Å². The van der Waals surface area contributed by atoms with Gasteiger partial charge < -0.3 is 103 Å². The fourth-order valence-corrected chi connectivity index (χ4v) is 9.92. The van der Waals surface area contributed by atoms with E-state index in [4.69, 9.17) is 59.2 Å². The maximum atomic E-state index is 15.0. The van der Waals surface area contributed by atoms with Crippen LogP contribution in [0.1, 0.15) is 42.6 Å². The summed E-state index contributed by atoms with van der Waals surface area (Å²) in [5, 5.41) is 85.8. The third kappa shape index (κ3) is 9.20. The first kappa shape index (κ1) is 51.4. The maximum absolute atomic E-state index is 15.0. The summed E-state index contributed by atoms with van der Waals surface area (Å²) in [5.41, 5.74) is 24.5. The minimum atomic E-state index is -2.38. The monoisotopic (exact) mass is 990 g/mol. The van der Waals surface area contributed by atoms with E-state index in [-0.39, 0.29) is 45.8 Å². The van der Waals surface area contributed by atoms with Crippen molar-refractivity contribution in [3.8, 4) is 0 Å². The molecule has 28 heteroatoms. The van der Waals surface area contributed by atoms with Crippen molar-refractivity contribution in [2.24, 2.45) is 44.1 Å². The summed E-state index contributed by atoms with van der Waals surface area (Å²) in [4.78, 5) is 45.5. The van der Waals surface area contributed by atoms with Gasteiger partial charge in [0.05, 0.1) is 46.4 Å². The second-order valence-electron chi connectivity index (χ2n) is 18.1. The van der Waals surface area contributed by atoms with E-state index >= 15 is 4.39 Å². The number of anilines is 1. The number of aliphatic imine (C=N–C) groups is 2. The van der Waals surface area contributed by atoms with Crippen LogP contribution in [0.5, 0.6) is 0 Å². The summed E-state index contributed by atoms with van der Waals surface area (Å²) in [5.74, 6) is -3.19. The number of ether oxygens (including phenoxy) is 4. The van der Waals surface area contributed by atoms with Crippen LogP contribution in [0.15, 0.2) is 27.0 Å². The Labute approximate surface area is 390 Å². The van der Waals surface area contributed by atoms with Gasteiger partial charge in [0, 0.05) is 37.2 Å². The minimum Gasteiger partial charge on any atom is -0.477 e. The minimum absolute atomic E-state index is 0.00645. The Balaban J connectivity index is 0.000000213. The van der Waals surface area contributed by atoms with Gasteiger partial charge in [-0.25, -0.2) is 23.6 Å². The number of carboxylic acid groups (broad SMARTS) is 1. The van der Waals surface area contributed by atoms with Crippen molar-refractivity contribution in [2.75, 3.05) is 31.6 Å². The van der Waals surface area contributed by atoms with Gasteiger partial charge in [-0.15, -0.1) is 0 Å². The zero-order valence-electron chi connectivity index (χ0n) is 36.5. The highest BCUT2D eigenvalue weighted by Crippen LogP contribution is 2.54. The number of aromatic nitrogens is 1. The Morgan fingerprint density at radius 3 is 2.18 bits per heavy atom. The SMILES string of the molecule is CN[C@@H]1[C@H](O[C@H]2[C@H](O[C@H]3[C@H](O)[C@@H](O)[C@H](N=C(N)N)[C@@H](O)[C@@H]3N=C(N)N)O[C@@H](C)[C@]2(O)C=O)O[C@@H](CO)[C@H](O)[C@H]1O.N[C@@H]1CN(c2c(F)cc3c(=O)c(C(=O)O)cn([C@@H]4C[C@@H]4F)c3c2Cl)CC12CC2. The Kier molecular flexibility index (Phi) is 14.6. The number of fused-ring (bicyclic) bond motifs is 1. The van der Waals surface area contributed by atoms with Crippen molar-refractivity contribution in [3.05, 3.63) is 38.9 Å². The normalized spacial score (nSPS) is 39.2. The lowest BCUT2D eigenvalue weighted by atomic mass is 9.81. The highest BCUT2D eigenvalue weighted by atomic mass is 35.5. The average molecular weight is 991 g/mol. The number of nitrogens with zero attached hydrogens (tertiary/aromatic N) is 4. The number of pyridine rings is 1. The number of alkyl halides is 1. The van der Waals surface area contributed by atoms with Crippen LogP contribution >= 0.6 is 11.6 Å². The van der Waals surface area contributed by atoms with Crippen LogP contribution in [-0.2, 0) is 23.7 Å². The summed E-state index contributed by atoms with van der Waals surface area (Å²) in [7, 11) is 1.42. The van der Waals surface area contributed by atoms with Gasteiger partial charge in [-0.2, -0.15) is 0 Å². The zero-order valence-corrected chi connectivity index (χ0v) is 37.3. The standard InChI is InChI=1S/C21H39N7O12.C19H18ClF2N3O3/c1-5-21(36,4-30)16(40-17-9(26-2)13(34)10(31)6(3-29)38-17)18(37-5)39-15-8(28-20(24)25)11(32)7(27-19(22)23)12(33)14(15)35;20-14-15-8(17(26)9(18(27)28)5-25(15)12-4-10(12)21)3-11(22)16(14)24-6-13(23)19(7-24)1-2-19/h4-18,26,29,31-36H,3H2,1-2H3,(H4,22,23,27)(H4,24,25,28);3,5,10,12-13H,1-2,4,6-7,23H2,(H,27,28)/t5-,6-,7+,8-,9-,10-,11+,12-,13-,14+,15+,16-,17-,18-,21+;10-,12+,13+/m00/s1. The van der Waals surface area contributed by atoms with Gasteiger partial charge in [-0.1, -0.05) is 11.6 Å². The number of benzene rings is 1. The topological polar surface area (TPSA) is 425 Å². The molecule has 18 atom stereocenters. The third-order valence-corrected chi connectivity index (χ3v) is 14.1. The number of guanidine groups is 2. The number of hydrogen-bond acceptors (Lipinski definition) is 19. The van der Waals surface area contributed by atoms with Crippen LogP contribution < -0.4 is 44.3 Å². The number of carbonyl (C=O) groups is 2. The summed E-state index contributed by atoms with van der Waals surface area (Å²) < 4.78 is 53.2. The molecule has 3 saturated carbocycles. The molecule has 0 unspecified atom stereocenters. The average Bonchev–Trinajstić information content (AvgIpc) is 4.18. The predicted octanol–water partition coefficient (Wildman–Crippen LogP) is -5.46. The van der Waals surface area contributed by atoms with Crippen LogP contribution in [0.25, 0.3) is 10.9 Å². The Morgan fingerprint density at radius 1 is 1.01 bits per heavy atom. The molecule has 3 saturated heterocycles. The van der Waals surface area contributed by atoms with Gasteiger partial charge >= 0.3 is 5.97 Å². The van der Waals surface area contributed by atoms with Gasteiger partial charge in [0.25, 0.3) is 0 Å². The number of carbonyl (C=O) groups excluding carboxylic acids is 1. The molecule has 4 heterocycles. The van der Waals surface area contributed by atoms with Gasteiger partial charge in [-0.05, 0) is 32.9 Å². The molecular weight excluding hydrogens is 934 g/mol. The summed E-state index contributed by atoms with van der Waals surface area (Å²) in [6.07, 6.45) is -15.2. The van der Waals surface area contributed by atoms with Crippen LogP contribution in [0.4, 0.5) is 14.5 Å². The number of halogens is 3. The molecule has 0 bridgehead atoms. The number of likely N-dealkylation sites (N-methyl/N-ethyl adjacent to an activating group) is 1. The lowest BCUT2D eigenvalue weighted by Crippen LogP contribution is -2.66. The van der Waals surface area contributed by atoms with Gasteiger partial charge in [-0.3, -0.25) is 9.59 Å². The summed E-state index contributed by atoms with van der Waals surface area (Å²) in [6.45, 7) is 1.63. The first-order valence-corrected chi connectivity index (χ1v) is 21.9. The van der Waals surface area contributed by atoms with Crippen molar-refractivity contribution in [1.29, 1.82) is 0 Å². The smallest absolute Gasteiger partial charge is 0.341 e. The fourth-order valence-electron chi connectivity index (χ4n) is 9.51. The number of aliphatic hydroxyl groups is 7. The van der Waals surface area contributed by atoms with E-state index in [1.54, 1.807) is 4.90 Å². The van der Waals surface area contributed by atoms with E-state index in [9.17, 15) is 59.6 Å². The second kappa shape index (κ2) is 19.4. The highest BCUT2D eigenvalue weighted by Gasteiger charge is 2.61. The predicted molar refractivity (Wildman–Crippen MR) is 233 cm³/mol. The molecule has 1 aromatic heterocycles. The second-order valence-corrected chi connectivity index (χ2v) is 18.4. The molecule has 6 aliphatic rings. The number of aromatic carboxylic acids is 1. The molecule has 0 radical (unpaired) electrons. The molecule has 378 valence electrons. The van der Waals surface area contributed by atoms with Crippen molar-refractivity contribution in [3.63, 3.8) is 0 Å². The third-order valence-electron chi connectivity index (χ3n) is 13.7. The number of nitrogens with two attached hydrogens (primary N) is 5. The summed E-state index contributed by atoms with van der Waals surface area (Å²) >= 11 is 6.56. The summed E-state index contributed by atoms with van der Waals surface area (Å²) in [6, 6.07) is -3.77. The molecule has 8 rings (SSSR count). The molecule has 6 fully saturated rings. The van der Waals surface area contributed by atoms with Crippen molar-refractivity contribution in [1.82, 2.24) is 9.88 Å². The van der Waals surface area contributed by atoms with Crippen molar-refractivity contribution >= 4 is 52.4 Å². The molecule has 0 amide bonds. The van der Waals surface area contributed by atoms with E-state index in [1.165, 1.54) is 18.5 Å². The number of aldehydes is 1. The molecule has 3 aliphatic carbocycles. The highest BCUT2D eigenvalue weighted by molar-refractivity contribution is 6.38. The molecule has 19 N–H and O–H groups in total. The van der Waals surface area contributed by atoms with E-state index in [0.29, 0.717) is 13.1 Å². The van der Waals surface area contributed by atoms with E-state index < -0.39 is 145 Å². The van der Waals surface area contributed by atoms with Crippen molar-refractivity contribution < 1.29 is 78.2 Å². The van der Waals surface area contributed by atoms with Crippen LogP contribution in [-0.4, -0.2) is 200 Å². The van der Waals surface area contributed by atoms with Gasteiger partial charge in [0.2, 0.25) is 5.43 Å². The lowest BCUT2D eigenvalue weighted by molar-refractivity contribution is -0.314. The Hall–Kier alpha value is -4.46. The molecule has 68 heavy (non-hydrogen) atoms. The first-order chi connectivity index (χ1) is 31.9. The quantitative estimate of drug-likeness (QED) is 0.0536. The van der Waals surface area contributed by atoms with E-state index in [2.05, 4.69) is 15.3 Å². The molecule has 2 aromatic rings. The van der Waals surface area contributed by atoms with E-state index in [1.807, 2.05) is 0 Å². The van der Waals surface area contributed by atoms with E-state index in [0.717, 1.165) is 25.1 Å². The molecule has 25 nitrogen and oxygen atoms in total. The molecule has 1 spiro atoms. The largest absolute Gasteiger partial charge is 0.477 e. The lowest BCUT2D eigenvalue weighted by Gasteiger charge is -2.45. The Bertz CT molecular complexity index is 2360. The molecular formula is C40H57ClF2N10O15. The molecule has 3 aliphatic heterocycles. The number of rotatable bonds is 12. The maximum Gasteiger partial charge on any atom is 0.341 e. The fraction of sp³-hybridized carbons (Fsp3) is 0.675. The van der Waals surface area contributed by atoms with Crippen LogP contribution in [0.2, 0.25) is 5.02 Å². The number of hydrogen-bond donors (Lipinski definition) is 14.